The van der Waals surface area contributed by atoms with Gasteiger partial charge in [0.1, 0.15) is 6.61 Å². The van der Waals surface area contributed by atoms with Crippen molar-refractivity contribution in [3.63, 3.8) is 0 Å². The molecule has 0 bridgehead atoms. The van der Waals surface area contributed by atoms with E-state index < -0.39 is 12.4 Å². The van der Waals surface area contributed by atoms with Crippen molar-refractivity contribution in [3.8, 4) is 0 Å². The van der Waals surface area contributed by atoms with Crippen LogP contribution in [0.4, 0.5) is 4.79 Å². The summed E-state index contributed by atoms with van der Waals surface area (Å²) in [6.07, 6.45) is 16.0. The molecule has 1 amide bonds. The summed E-state index contributed by atoms with van der Waals surface area (Å²) in [4.78, 5) is 14.5. The molecule has 2 aromatic rings. The van der Waals surface area contributed by atoms with E-state index in [1.165, 1.54) is 77.0 Å². The highest BCUT2D eigenvalue weighted by atomic mass is 16.7. The first-order valence-electron chi connectivity index (χ1n) is 18.3. The molecule has 1 saturated heterocycles. The lowest BCUT2D eigenvalue weighted by Crippen LogP contribution is -2.45. The van der Waals surface area contributed by atoms with Gasteiger partial charge in [0.05, 0.1) is 18.8 Å². The van der Waals surface area contributed by atoms with Crippen LogP contribution in [0.2, 0.25) is 0 Å². The smallest absolute Gasteiger partial charge is 0.407 e. The number of hydrogen-bond donors (Lipinski definition) is 2. The summed E-state index contributed by atoms with van der Waals surface area (Å²) < 4.78 is 18.5. The summed E-state index contributed by atoms with van der Waals surface area (Å²) in [7, 11) is 0. The van der Waals surface area contributed by atoms with Gasteiger partial charge >= 0.3 is 6.09 Å². The first-order chi connectivity index (χ1) is 23.0. The molecule has 1 aliphatic rings. The molecule has 7 nitrogen and oxygen atoms in total. The van der Waals surface area contributed by atoms with Gasteiger partial charge < -0.3 is 29.5 Å². The van der Waals surface area contributed by atoms with Crippen LogP contribution in [-0.4, -0.2) is 48.4 Å². The summed E-state index contributed by atoms with van der Waals surface area (Å²) >= 11 is 0. The minimum absolute atomic E-state index is 0.00238. The van der Waals surface area contributed by atoms with E-state index in [2.05, 4.69) is 49.7 Å². The van der Waals surface area contributed by atoms with Gasteiger partial charge in [0.2, 0.25) is 0 Å². The van der Waals surface area contributed by atoms with Crippen molar-refractivity contribution in [2.45, 2.75) is 129 Å². The molecule has 7 heteroatoms. The number of benzene rings is 2. The number of rotatable bonds is 23. The number of carbonyl (C=O) groups excluding carboxylic acids is 1. The zero-order valence-corrected chi connectivity index (χ0v) is 29.5. The molecule has 2 N–H and O–H groups in total. The van der Waals surface area contributed by atoms with Gasteiger partial charge in [0.25, 0.3) is 0 Å². The van der Waals surface area contributed by atoms with E-state index in [0.717, 1.165) is 41.9 Å². The number of carbonyl (C=O) groups is 1. The quantitative estimate of drug-likeness (QED) is 0.0922. The van der Waals surface area contributed by atoms with Crippen LogP contribution < -0.4 is 5.32 Å². The molecule has 3 rings (SSSR count). The van der Waals surface area contributed by atoms with Gasteiger partial charge in [-0.2, -0.15) is 0 Å². The summed E-state index contributed by atoms with van der Waals surface area (Å²) in [5, 5.41) is 12.4. The van der Waals surface area contributed by atoms with Gasteiger partial charge in [-0.05, 0) is 42.6 Å². The number of hydrogen-bond acceptors (Lipinski definition) is 6. The molecule has 262 valence electrons. The number of nitrogens with one attached hydrogen (secondary N) is 1. The van der Waals surface area contributed by atoms with E-state index in [9.17, 15) is 9.90 Å². The number of amides is 1. The van der Waals surface area contributed by atoms with E-state index in [-0.39, 0.29) is 31.3 Å². The fraction of sp³-hybridized carbons (Fsp3) is 0.625. The summed E-state index contributed by atoms with van der Waals surface area (Å²) in [6.45, 7) is 14.0. The van der Waals surface area contributed by atoms with E-state index in [1.807, 2.05) is 36.4 Å². The minimum Gasteiger partial charge on any atom is -0.445 e. The van der Waals surface area contributed by atoms with Crippen LogP contribution in [0.3, 0.4) is 0 Å². The first-order valence-corrected chi connectivity index (χ1v) is 18.3. The van der Waals surface area contributed by atoms with Gasteiger partial charge in [-0.15, -0.1) is 0 Å². The summed E-state index contributed by atoms with van der Waals surface area (Å²) in [5.74, 6) is 0.146. The SMILES string of the molecule is C=CCOC(=O)NCc1ccc([C@@H]2O[C@H](CN(CCCCCCCC)CCCCCCCC)[C@H](C)[C@H](c3ccc(CO)cc3)O2)cc1. The van der Waals surface area contributed by atoms with Crippen LogP contribution in [0.1, 0.15) is 132 Å². The van der Waals surface area contributed by atoms with Gasteiger partial charge in [-0.1, -0.05) is 146 Å². The van der Waals surface area contributed by atoms with Crippen LogP contribution in [0.25, 0.3) is 0 Å². The topological polar surface area (TPSA) is 80.3 Å². The average Bonchev–Trinajstić information content (AvgIpc) is 3.10. The monoisotopic (exact) mass is 650 g/mol. The maximum atomic E-state index is 11.9. The molecule has 0 radical (unpaired) electrons. The molecular formula is C40H62N2O5. The van der Waals surface area contributed by atoms with Crippen molar-refractivity contribution in [1.82, 2.24) is 10.2 Å². The third-order valence-electron chi connectivity index (χ3n) is 9.24. The lowest BCUT2D eigenvalue weighted by Gasteiger charge is -2.43. The van der Waals surface area contributed by atoms with Crippen molar-refractivity contribution >= 4 is 6.09 Å². The highest BCUT2D eigenvalue weighted by Crippen LogP contribution is 2.42. The molecule has 1 fully saturated rings. The van der Waals surface area contributed by atoms with Crippen molar-refractivity contribution < 1.29 is 24.1 Å². The molecule has 2 aromatic carbocycles. The Morgan fingerprint density at radius 3 is 1.96 bits per heavy atom. The van der Waals surface area contributed by atoms with Crippen LogP contribution in [0, 0.1) is 5.92 Å². The normalized spacial score (nSPS) is 19.5. The Balaban J connectivity index is 1.74. The summed E-state index contributed by atoms with van der Waals surface area (Å²) in [5.41, 5.74) is 3.91. The predicted molar refractivity (Wildman–Crippen MR) is 191 cm³/mol. The Bertz CT molecular complexity index is 1110. The van der Waals surface area contributed by atoms with Crippen molar-refractivity contribution in [2.75, 3.05) is 26.2 Å². The molecule has 47 heavy (non-hydrogen) atoms. The van der Waals surface area contributed by atoms with Crippen molar-refractivity contribution in [1.29, 1.82) is 0 Å². The largest absolute Gasteiger partial charge is 0.445 e. The zero-order chi connectivity index (χ0) is 33.7. The van der Waals surface area contributed by atoms with Crippen LogP contribution >= 0.6 is 0 Å². The average molecular weight is 651 g/mol. The Labute approximate surface area is 285 Å². The van der Waals surface area contributed by atoms with E-state index in [0.29, 0.717) is 6.54 Å². The van der Waals surface area contributed by atoms with Gasteiger partial charge in [0.15, 0.2) is 6.29 Å². The van der Waals surface area contributed by atoms with Crippen molar-refractivity contribution in [2.24, 2.45) is 5.92 Å². The minimum atomic E-state index is -0.511. The maximum absolute atomic E-state index is 11.9. The van der Waals surface area contributed by atoms with Gasteiger partial charge in [0, 0.05) is 24.6 Å². The van der Waals surface area contributed by atoms with Crippen molar-refractivity contribution in [3.05, 3.63) is 83.4 Å². The Hall–Kier alpha value is -2.71. The molecule has 0 saturated carbocycles. The molecule has 1 heterocycles. The summed E-state index contributed by atoms with van der Waals surface area (Å²) in [6, 6.07) is 16.2. The second kappa shape index (κ2) is 22.8. The highest BCUT2D eigenvalue weighted by Gasteiger charge is 2.39. The fourth-order valence-electron chi connectivity index (χ4n) is 6.26. The van der Waals surface area contributed by atoms with E-state index in [4.69, 9.17) is 14.2 Å². The van der Waals surface area contributed by atoms with E-state index >= 15 is 0 Å². The standard InChI is InChI=1S/C40H62N2O5/c1-5-8-10-12-14-16-26-42(27-17-15-13-11-9-6-2)30-37-32(4)38(35-22-20-34(31-43)21-23-35)47-39(46-37)36-24-18-33(19-25-36)29-41-40(44)45-28-7-3/h7,18-25,32,37-39,43H,3,5-6,8-17,26-31H2,1-2,4H3,(H,41,44)/t32-,37+,38+,39+/m0/s1. The second-order valence-electron chi connectivity index (χ2n) is 13.1. The van der Waals surface area contributed by atoms with Crippen LogP contribution in [-0.2, 0) is 27.4 Å². The zero-order valence-electron chi connectivity index (χ0n) is 29.5. The van der Waals surface area contributed by atoms with Gasteiger partial charge in [-0.25, -0.2) is 4.79 Å². The third-order valence-corrected chi connectivity index (χ3v) is 9.24. The molecule has 4 atom stereocenters. The lowest BCUT2D eigenvalue weighted by atomic mass is 9.90. The Kier molecular flexibility index (Phi) is 18.8. The number of aliphatic hydroxyl groups excluding tert-OH is 1. The third kappa shape index (κ3) is 14.1. The first kappa shape index (κ1) is 38.7. The Morgan fingerprint density at radius 1 is 0.830 bits per heavy atom. The molecular weight excluding hydrogens is 588 g/mol. The number of ether oxygens (including phenoxy) is 3. The fourth-order valence-corrected chi connectivity index (χ4v) is 6.26. The highest BCUT2D eigenvalue weighted by molar-refractivity contribution is 5.67. The Morgan fingerprint density at radius 2 is 1.38 bits per heavy atom. The van der Waals surface area contributed by atoms with Crippen LogP contribution in [0.15, 0.2) is 61.2 Å². The van der Waals surface area contributed by atoms with Crippen LogP contribution in [0.5, 0.6) is 0 Å². The molecule has 1 aliphatic heterocycles. The molecule has 0 aliphatic carbocycles. The maximum Gasteiger partial charge on any atom is 0.407 e. The van der Waals surface area contributed by atoms with E-state index in [1.54, 1.807) is 6.08 Å². The second-order valence-corrected chi connectivity index (χ2v) is 13.1. The predicted octanol–water partition coefficient (Wildman–Crippen LogP) is 9.41. The number of unbranched alkanes of at least 4 members (excludes halogenated alkanes) is 10. The number of nitrogens with zero attached hydrogens (tertiary/aromatic N) is 1. The molecule has 0 spiro atoms. The lowest BCUT2D eigenvalue weighted by molar-refractivity contribution is -0.276. The molecule has 0 unspecified atom stereocenters. The number of alkyl carbamates (subject to hydrolysis) is 1. The number of aliphatic hydroxyl groups is 1. The molecule has 0 aromatic heterocycles. The van der Waals surface area contributed by atoms with Gasteiger partial charge in [-0.3, -0.25) is 0 Å².